The van der Waals surface area contributed by atoms with Gasteiger partial charge in [0.1, 0.15) is 77.8 Å². The summed E-state index contributed by atoms with van der Waals surface area (Å²) in [6.07, 6.45) is -8.83. The number of carbonyl (C=O) groups is 1. The zero-order chi connectivity index (χ0) is 79.8. The van der Waals surface area contributed by atoms with E-state index in [1.54, 1.807) is 62.8 Å². The first-order valence-corrected chi connectivity index (χ1v) is 40.3. The Labute approximate surface area is 652 Å². The van der Waals surface area contributed by atoms with Crippen molar-refractivity contribution >= 4 is 70.4 Å². The van der Waals surface area contributed by atoms with E-state index in [2.05, 4.69) is 36.3 Å². The lowest BCUT2D eigenvalue weighted by Gasteiger charge is -2.37. The van der Waals surface area contributed by atoms with Crippen LogP contribution in [0, 0.1) is 25.2 Å². The van der Waals surface area contributed by atoms with Gasteiger partial charge >= 0.3 is 27.0 Å². The number of ether oxygens (including phenoxy) is 6. The van der Waals surface area contributed by atoms with E-state index in [-0.39, 0.29) is 87.7 Å². The molecular formula is C74H82Cl2N11O22P3. The Morgan fingerprint density at radius 2 is 1.10 bits per heavy atom. The van der Waals surface area contributed by atoms with Crippen molar-refractivity contribution < 1.29 is 78.5 Å². The van der Waals surface area contributed by atoms with Crippen LogP contribution in [0.5, 0.6) is 23.0 Å². The highest BCUT2D eigenvalue weighted by Crippen LogP contribution is 2.59. The van der Waals surface area contributed by atoms with E-state index in [1.165, 1.54) is 68.3 Å². The van der Waals surface area contributed by atoms with Crippen LogP contribution in [0.3, 0.4) is 0 Å². The van der Waals surface area contributed by atoms with Crippen molar-refractivity contribution in [3.05, 3.63) is 236 Å². The van der Waals surface area contributed by atoms with Crippen LogP contribution in [0.15, 0.2) is 170 Å². The molecule has 12 atom stereocenters. The van der Waals surface area contributed by atoms with Gasteiger partial charge in [-0.2, -0.15) is 10.2 Å². The number of phosphoric acid groups is 2. The second-order valence-corrected chi connectivity index (χ2v) is 32.1. The standard InChI is InChI=1S/C74H82Cl2N11O22P3/c1-43(2)87(44(3)4)110(99-33-17-32-77)105-57-34-65(86-42-78-66-67(86)80-71(79-47(7)88)81-70(66)91)103-61(57)40-100-111(94,106-55-22-15-13-20-53(55)75)109-59-36-64(85-38-46(6)69(90)83-73(85)93)104-62(59)41-101-112(95,107-56-23-16-14-21-54(56)76)108-58-35-63(84-37-45(5)68(89)82-72(84)92)102-60(58)39-98-74(48-18-11-10-12-19-48,49-24-28-51(96-8)29-25-49)50-26-30-52(97-9)31-27-50/h10-16,18-31,37-38,42-44,57-65H,17,33-36,39-41H2,1-9H3,(H,82,89,92)(H,83,90,93)(H2,79,80,81,88,91)/t57-,58-,59-,60+,61+,62+,63+,64+,65+,110?,111?,112?/m0/s1. The fourth-order valence-electron chi connectivity index (χ4n) is 13.1. The average Bonchev–Trinajstić information content (AvgIpc) is 1.42. The van der Waals surface area contributed by atoms with Crippen molar-refractivity contribution in [2.75, 3.05) is 46.0 Å². The molecule has 33 nitrogen and oxygen atoms in total. The molecule has 3 unspecified atom stereocenters. The smallest absolute Gasteiger partial charge is 0.497 e. The molecule has 4 aromatic heterocycles. The number of carbonyl (C=O) groups excluding carboxylic acids is 1. The number of phosphoric ester groups is 2. The number of anilines is 1. The highest BCUT2D eigenvalue weighted by Gasteiger charge is 2.51. The third kappa shape index (κ3) is 18.9. The van der Waals surface area contributed by atoms with E-state index in [0.29, 0.717) is 28.2 Å². The number of aromatic amines is 3. The molecule has 0 spiro atoms. The monoisotopic (exact) mass is 1640 g/mol. The number of rotatable bonds is 34. The van der Waals surface area contributed by atoms with Gasteiger partial charge in [-0.05, 0) is 107 Å². The second-order valence-electron chi connectivity index (χ2n) is 26.8. The normalized spacial score (nSPS) is 21.2. The summed E-state index contributed by atoms with van der Waals surface area (Å²) in [7, 11) is -9.51. The maximum atomic E-state index is 16.4. The summed E-state index contributed by atoms with van der Waals surface area (Å²) in [6, 6.07) is 37.5. The Bertz CT molecular complexity index is 5220. The summed E-state index contributed by atoms with van der Waals surface area (Å²) in [5.74, 6) is -0.0115. The lowest BCUT2D eigenvalue weighted by Crippen LogP contribution is -2.38. The molecule has 0 bridgehead atoms. The number of fused-ring (bicyclic) bond motifs is 1. The van der Waals surface area contributed by atoms with E-state index in [0.717, 1.165) is 9.13 Å². The number of aryl methyl sites for hydroxylation is 2. The number of benzene rings is 5. The zero-order valence-corrected chi connectivity index (χ0v) is 66.3. The average molecular weight is 1640 g/mol. The second kappa shape index (κ2) is 36.0. The predicted octanol–water partition coefficient (Wildman–Crippen LogP) is 11.8. The van der Waals surface area contributed by atoms with Gasteiger partial charge in [0.25, 0.3) is 25.2 Å². The van der Waals surface area contributed by atoms with E-state index >= 15 is 9.13 Å². The van der Waals surface area contributed by atoms with Crippen molar-refractivity contribution in [2.24, 2.45) is 0 Å². The quantitative estimate of drug-likeness (QED) is 0.0165. The third-order valence-electron chi connectivity index (χ3n) is 18.4. The van der Waals surface area contributed by atoms with E-state index in [1.807, 2.05) is 87.0 Å². The Hall–Kier alpha value is -9.00. The SMILES string of the molecule is COc1ccc(C(OC[C@H]2O[C@@H](n3cc(C)c(=O)[nH]c3=O)C[C@@H]2OP(=O)(OC[C@H]2O[C@@H](n3cc(C)c(=O)[nH]c3=O)C[C@@H]2OP(=O)(OC[C@H]2O[C@@H](n3cnc4c(=O)[nH]c(NC(C)=O)nc43)C[C@@H]2OP(OCCC#N)N(C(C)C)C(C)C)Oc2ccccc2Cl)Oc2ccccc2Cl)(c2ccccc2)c2ccc(OC)cc2)cc1. The van der Waals surface area contributed by atoms with Crippen LogP contribution in [-0.2, 0) is 65.6 Å². The molecule has 3 fully saturated rings. The summed E-state index contributed by atoms with van der Waals surface area (Å²) >= 11 is 13.6. The molecule has 112 heavy (non-hydrogen) atoms. The van der Waals surface area contributed by atoms with Gasteiger partial charge in [0.2, 0.25) is 11.9 Å². The van der Waals surface area contributed by atoms with Crippen LogP contribution >= 0.6 is 47.4 Å². The highest BCUT2D eigenvalue weighted by molar-refractivity contribution is 7.49. The third-order valence-corrected chi connectivity index (χ3v) is 24.0. The van der Waals surface area contributed by atoms with E-state index in [9.17, 15) is 34.0 Å². The highest BCUT2D eigenvalue weighted by atomic mass is 35.5. The molecule has 9 aromatic rings. The van der Waals surface area contributed by atoms with Crippen LogP contribution in [0.25, 0.3) is 11.2 Å². The van der Waals surface area contributed by atoms with Crippen LogP contribution in [-0.4, -0.2) is 139 Å². The molecule has 3 aliphatic heterocycles. The predicted molar refractivity (Wildman–Crippen MR) is 410 cm³/mol. The van der Waals surface area contributed by atoms with Crippen molar-refractivity contribution in [3.8, 4) is 29.1 Å². The number of amides is 1. The molecule has 3 aliphatic rings. The van der Waals surface area contributed by atoms with Gasteiger partial charge in [-0.1, -0.05) is 102 Å². The van der Waals surface area contributed by atoms with Crippen LogP contribution in [0.2, 0.25) is 10.0 Å². The van der Waals surface area contributed by atoms with Crippen LogP contribution in [0.4, 0.5) is 5.95 Å². The molecule has 594 valence electrons. The summed E-state index contributed by atoms with van der Waals surface area (Å²) < 4.78 is 129. The molecular weight excluding hydrogens is 1560 g/mol. The molecule has 3 saturated heterocycles. The first-order chi connectivity index (χ1) is 53.7. The molecule has 5 aromatic carbocycles. The summed E-state index contributed by atoms with van der Waals surface area (Å²) in [5, 5.41) is 12.0. The molecule has 38 heteroatoms. The van der Waals surface area contributed by atoms with Gasteiger partial charge in [0, 0.05) is 61.8 Å². The van der Waals surface area contributed by atoms with E-state index < -0.39 is 145 Å². The van der Waals surface area contributed by atoms with Crippen molar-refractivity contribution in [3.63, 3.8) is 0 Å². The number of imidazole rings is 1. The Morgan fingerprint density at radius 3 is 1.57 bits per heavy atom. The van der Waals surface area contributed by atoms with Crippen molar-refractivity contribution in [1.82, 2.24) is 43.3 Å². The fourth-order valence-corrected chi connectivity index (χ4v) is 18.2. The van der Waals surface area contributed by atoms with Gasteiger partial charge < -0.3 is 46.5 Å². The molecule has 12 rings (SSSR count). The summed E-state index contributed by atoms with van der Waals surface area (Å²) in [6.45, 7) is 9.96. The summed E-state index contributed by atoms with van der Waals surface area (Å²) in [4.78, 5) is 95.2. The maximum Gasteiger partial charge on any atom is 0.530 e. The summed E-state index contributed by atoms with van der Waals surface area (Å²) in [5.41, 5.74) is -3.27. The Balaban J connectivity index is 0.917. The minimum Gasteiger partial charge on any atom is -0.497 e. The van der Waals surface area contributed by atoms with Crippen LogP contribution in [0.1, 0.15) is 107 Å². The number of nitrogens with zero attached hydrogens (tertiary/aromatic N) is 7. The number of halogens is 2. The minimum atomic E-state index is -5.30. The van der Waals surface area contributed by atoms with Gasteiger partial charge in [-0.25, -0.2) is 28.4 Å². The molecule has 0 aliphatic carbocycles. The topological polar surface area (TPSA) is 393 Å². The number of hydrogen-bond acceptors (Lipinski definition) is 26. The maximum absolute atomic E-state index is 16.4. The lowest BCUT2D eigenvalue weighted by molar-refractivity contribution is -0.114. The molecule has 0 saturated carbocycles. The first kappa shape index (κ1) is 82.5. The first-order valence-electron chi connectivity index (χ1n) is 35.5. The number of nitrogens with one attached hydrogen (secondary N) is 4. The molecule has 0 radical (unpaired) electrons. The fraction of sp³-hybridized carbons (Fsp3) is 0.392. The van der Waals surface area contributed by atoms with Gasteiger partial charge in [-0.3, -0.25) is 71.2 Å². The number of aromatic nitrogens is 8. The van der Waals surface area contributed by atoms with Crippen molar-refractivity contribution in [1.29, 1.82) is 5.26 Å². The largest absolute Gasteiger partial charge is 0.530 e. The van der Waals surface area contributed by atoms with Crippen molar-refractivity contribution in [2.45, 2.75) is 147 Å². The number of methoxy groups -OCH3 is 2. The minimum absolute atomic E-state index is 0.00389. The number of hydrogen-bond donors (Lipinski definition) is 4. The number of H-pyrrole nitrogens is 3. The zero-order valence-electron chi connectivity index (χ0n) is 62.1. The Morgan fingerprint density at radius 1 is 0.643 bits per heavy atom. The molecule has 4 N–H and O–H groups in total. The Kier molecular flexibility index (Phi) is 26.5. The van der Waals surface area contributed by atoms with E-state index in [4.69, 9.17) is 87.8 Å². The number of para-hydroxylation sites is 2. The van der Waals surface area contributed by atoms with Crippen LogP contribution < -0.4 is 51.9 Å². The van der Waals surface area contributed by atoms with Gasteiger partial charge in [0.05, 0.1) is 75.6 Å². The van der Waals surface area contributed by atoms with Gasteiger partial charge in [0.15, 0.2) is 11.2 Å². The van der Waals surface area contributed by atoms with Gasteiger partial charge in [-0.15, -0.1) is 0 Å². The number of nitriles is 1. The molecule has 1 amide bonds. The molecule has 7 heterocycles. The lowest BCUT2D eigenvalue weighted by atomic mass is 9.80.